The van der Waals surface area contributed by atoms with Gasteiger partial charge >= 0.3 is 0 Å². The minimum Gasteiger partial charge on any atom is -0.493 e. The minimum absolute atomic E-state index is 0.0813. The first-order valence-corrected chi connectivity index (χ1v) is 9.11. The number of hydrogen-bond acceptors (Lipinski definition) is 5. The lowest BCUT2D eigenvalue weighted by atomic mass is 10.2. The van der Waals surface area contributed by atoms with Gasteiger partial charge in [0.2, 0.25) is 5.91 Å². The molecule has 3 rings (SSSR count). The van der Waals surface area contributed by atoms with Crippen LogP contribution in [0.4, 0.5) is 0 Å². The molecule has 0 radical (unpaired) electrons. The number of nitrogens with one attached hydrogen (secondary N) is 1. The molecular formula is C21H23N3O5. The van der Waals surface area contributed by atoms with Gasteiger partial charge < -0.3 is 14.4 Å². The van der Waals surface area contributed by atoms with E-state index >= 15 is 0 Å². The number of aromatic nitrogens is 2. The SMILES string of the molecule is COc1ccc(CN(C)C(=O)CCn2[nH]c(=O)c3ccccc3c2=O)cc1OC. The Morgan fingerprint density at radius 1 is 1.03 bits per heavy atom. The van der Waals surface area contributed by atoms with Crippen LogP contribution in [0.3, 0.4) is 0 Å². The van der Waals surface area contributed by atoms with Crippen molar-refractivity contribution in [2.75, 3.05) is 21.3 Å². The van der Waals surface area contributed by atoms with Gasteiger partial charge in [-0.3, -0.25) is 19.5 Å². The summed E-state index contributed by atoms with van der Waals surface area (Å²) in [6.07, 6.45) is 0.0813. The van der Waals surface area contributed by atoms with Crippen molar-refractivity contribution in [3.05, 3.63) is 68.7 Å². The fourth-order valence-corrected chi connectivity index (χ4v) is 3.14. The van der Waals surface area contributed by atoms with Crippen LogP contribution in [0.15, 0.2) is 52.1 Å². The summed E-state index contributed by atoms with van der Waals surface area (Å²) >= 11 is 0. The van der Waals surface area contributed by atoms with E-state index in [2.05, 4.69) is 5.10 Å². The fourth-order valence-electron chi connectivity index (χ4n) is 3.14. The average Bonchev–Trinajstić information content (AvgIpc) is 2.74. The van der Waals surface area contributed by atoms with E-state index in [0.717, 1.165) is 5.56 Å². The molecule has 1 heterocycles. The van der Waals surface area contributed by atoms with Crippen LogP contribution in [0.1, 0.15) is 12.0 Å². The number of hydrogen-bond donors (Lipinski definition) is 1. The van der Waals surface area contributed by atoms with Crippen LogP contribution in [0.25, 0.3) is 10.8 Å². The average molecular weight is 397 g/mol. The Kier molecular flexibility index (Phi) is 6.01. The number of carbonyl (C=O) groups is 1. The van der Waals surface area contributed by atoms with Crippen molar-refractivity contribution in [1.82, 2.24) is 14.7 Å². The predicted molar refractivity (Wildman–Crippen MR) is 109 cm³/mol. The zero-order valence-corrected chi connectivity index (χ0v) is 16.6. The molecule has 0 unspecified atom stereocenters. The van der Waals surface area contributed by atoms with Gasteiger partial charge in [0.1, 0.15) is 0 Å². The first kappa shape index (κ1) is 20.2. The topological polar surface area (TPSA) is 93.6 Å². The van der Waals surface area contributed by atoms with Crippen molar-refractivity contribution in [2.45, 2.75) is 19.5 Å². The molecule has 0 spiro atoms. The number of amides is 1. The van der Waals surface area contributed by atoms with Gasteiger partial charge in [-0.15, -0.1) is 0 Å². The monoisotopic (exact) mass is 397 g/mol. The Hall–Kier alpha value is -3.55. The second-order valence-corrected chi connectivity index (χ2v) is 6.63. The number of rotatable bonds is 7. The zero-order valence-electron chi connectivity index (χ0n) is 16.6. The number of carbonyl (C=O) groups excluding carboxylic acids is 1. The fraction of sp³-hybridized carbons (Fsp3) is 0.286. The number of fused-ring (bicyclic) bond motifs is 1. The standard InChI is InChI=1S/C21H23N3O5/c1-23(13-14-8-9-17(28-2)18(12-14)29-3)19(25)10-11-24-21(27)16-7-5-4-6-15(16)20(26)22-24/h4-9,12H,10-11,13H2,1-3H3,(H,22,26). The van der Waals surface area contributed by atoms with Gasteiger partial charge in [-0.25, -0.2) is 4.68 Å². The smallest absolute Gasteiger partial charge is 0.273 e. The Balaban J connectivity index is 1.70. The van der Waals surface area contributed by atoms with E-state index in [-0.39, 0.29) is 30.0 Å². The van der Waals surface area contributed by atoms with Crippen LogP contribution in [-0.4, -0.2) is 41.9 Å². The Morgan fingerprint density at radius 2 is 1.72 bits per heavy atom. The molecule has 1 amide bonds. The first-order valence-electron chi connectivity index (χ1n) is 9.11. The van der Waals surface area contributed by atoms with E-state index in [1.54, 1.807) is 56.5 Å². The quantitative estimate of drug-likeness (QED) is 0.656. The van der Waals surface area contributed by atoms with Crippen molar-refractivity contribution >= 4 is 16.7 Å². The Morgan fingerprint density at radius 3 is 2.41 bits per heavy atom. The third-order valence-corrected chi connectivity index (χ3v) is 4.73. The highest BCUT2D eigenvalue weighted by atomic mass is 16.5. The van der Waals surface area contributed by atoms with Gasteiger partial charge in [0.15, 0.2) is 11.5 Å². The maximum Gasteiger partial charge on any atom is 0.273 e. The number of aromatic amines is 1. The Labute approximate surface area is 167 Å². The Bertz CT molecular complexity index is 1150. The van der Waals surface area contributed by atoms with Crippen molar-refractivity contribution < 1.29 is 14.3 Å². The molecule has 0 bridgehead atoms. The normalized spacial score (nSPS) is 10.7. The summed E-state index contributed by atoms with van der Waals surface area (Å²) in [5, 5.41) is 3.21. The van der Waals surface area contributed by atoms with E-state index in [1.165, 1.54) is 4.68 Å². The summed E-state index contributed by atoms with van der Waals surface area (Å²) < 4.78 is 11.7. The lowest BCUT2D eigenvalue weighted by molar-refractivity contribution is -0.130. The van der Waals surface area contributed by atoms with Gasteiger partial charge in [-0.05, 0) is 29.8 Å². The molecule has 1 aromatic heterocycles. The summed E-state index contributed by atoms with van der Waals surface area (Å²) in [6.45, 7) is 0.469. The molecular weight excluding hydrogens is 374 g/mol. The molecule has 152 valence electrons. The molecule has 0 atom stereocenters. The maximum atomic E-state index is 12.5. The summed E-state index contributed by atoms with van der Waals surface area (Å²) in [6, 6.07) is 12.1. The molecule has 0 aliphatic carbocycles. The molecule has 2 aromatic carbocycles. The summed E-state index contributed by atoms with van der Waals surface area (Å²) in [5.74, 6) is 1.05. The van der Waals surface area contributed by atoms with E-state index in [0.29, 0.717) is 28.8 Å². The van der Waals surface area contributed by atoms with E-state index in [9.17, 15) is 14.4 Å². The van der Waals surface area contributed by atoms with E-state index in [4.69, 9.17) is 9.47 Å². The highest BCUT2D eigenvalue weighted by Gasteiger charge is 2.13. The molecule has 0 aliphatic heterocycles. The summed E-state index contributed by atoms with van der Waals surface area (Å²) in [5.41, 5.74) is 0.205. The van der Waals surface area contributed by atoms with Crippen LogP contribution in [0.2, 0.25) is 0 Å². The summed E-state index contributed by atoms with van der Waals surface area (Å²) in [7, 11) is 4.80. The highest BCUT2D eigenvalue weighted by Crippen LogP contribution is 2.27. The molecule has 29 heavy (non-hydrogen) atoms. The predicted octanol–water partition coefficient (Wildman–Crippen LogP) is 1.76. The number of H-pyrrole nitrogens is 1. The lowest BCUT2D eigenvalue weighted by Gasteiger charge is -2.18. The van der Waals surface area contributed by atoms with Crippen LogP contribution < -0.4 is 20.6 Å². The second kappa shape index (κ2) is 8.64. The zero-order chi connectivity index (χ0) is 21.0. The van der Waals surface area contributed by atoms with E-state index < -0.39 is 0 Å². The van der Waals surface area contributed by atoms with Gasteiger partial charge in [-0.2, -0.15) is 0 Å². The third kappa shape index (κ3) is 4.31. The highest BCUT2D eigenvalue weighted by molar-refractivity contribution is 5.80. The van der Waals surface area contributed by atoms with Gasteiger partial charge in [-0.1, -0.05) is 18.2 Å². The summed E-state index contributed by atoms with van der Waals surface area (Å²) in [4.78, 5) is 38.8. The van der Waals surface area contributed by atoms with Crippen molar-refractivity contribution in [1.29, 1.82) is 0 Å². The van der Waals surface area contributed by atoms with Crippen LogP contribution in [0.5, 0.6) is 11.5 Å². The van der Waals surface area contributed by atoms with Gasteiger partial charge in [0, 0.05) is 20.0 Å². The molecule has 0 aliphatic rings. The number of nitrogens with zero attached hydrogens (tertiary/aromatic N) is 2. The van der Waals surface area contributed by atoms with Crippen LogP contribution in [-0.2, 0) is 17.9 Å². The largest absolute Gasteiger partial charge is 0.493 e. The first-order chi connectivity index (χ1) is 13.9. The third-order valence-electron chi connectivity index (χ3n) is 4.73. The molecule has 0 saturated heterocycles. The maximum absolute atomic E-state index is 12.5. The minimum atomic E-state index is -0.355. The van der Waals surface area contributed by atoms with E-state index in [1.807, 2.05) is 12.1 Å². The molecule has 8 heteroatoms. The number of aryl methyl sites for hydroxylation is 1. The van der Waals surface area contributed by atoms with Crippen LogP contribution >= 0.6 is 0 Å². The number of ether oxygens (including phenoxy) is 2. The number of benzene rings is 2. The molecule has 8 nitrogen and oxygen atoms in total. The van der Waals surface area contributed by atoms with Gasteiger partial charge in [0.05, 0.1) is 31.5 Å². The molecule has 1 N–H and O–H groups in total. The van der Waals surface area contributed by atoms with Crippen molar-refractivity contribution in [3.8, 4) is 11.5 Å². The van der Waals surface area contributed by atoms with Gasteiger partial charge in [0.25, 0.3) is 11.1 Å². The van der Waals surface area contributed by atoms with Crippen LogP contribution in [0, 0.1) is 0 Å². The molecule has 3 aromatic rings. The van der Waals surface area contributed by atoms with Crippen molar-refractivity contribution in [2.24, 2.45) is 0 Å². The number of methoxy groups -OCH3 is 2. The second-order valence-electron chi connectivity index (χ2n) is 6.63. The lowest BCUT2D eigenvalue weighted by Crippen LogP contribution is -2.33. The molecule has 0 saturated carbocycles. The molecule has 0 fully saturated rings. The van der Waals surface area contributed by atoms with Crippen molar-refractivity contribution in [3.63, 3.8) is 0 Å².